The van der Waals surface area contributed by atoms with Crippen LogP contribution in [0.25, 0.3) is 0 Å². The van der Waals surface area contributed by atoms with Gasteiger partial charge in [0, 0.05) is 39.2 Å². The summed E-state index contributed by atoms with van der Waals surface area (Å²) in [4.78, 5) is 67.4. The number of thiazole rings is 1. The smallest absolute Gasteiger partial charge is 0.305 e. The minimum absolute atomic E-state index is 0.186. The van der Waals surface area contributed by atoms with Crippen molar-refractivity contribution in [3.8, 4) is 11.5 Å². The second kappa shape index (κ2) is 11.8. The highest BCUT2D eigenvalue weighted by Crippen LogP contribution is 2.54. The first kappa shape index (κ1) is 29.4. The number of fused-ring (bicyclic) bond motifs is 2. The number of imide groups is 1. The lowest BCUT2D eigenvalue weighted by Gasteiger charge is -2.31. The number of carbonyl (C=O) groups excluding carboxylic acids is 3. The van der Waals surface area contributed by atoms with Crippen LogP contribution in [0.1, 0.15) is 16.4 Å². The van der Waals surface area contributed by atoms with Gasteiger partial charge in [-0.1, -0.05) is 34.7 Å². The number of aromatic nitrogens is 1. The van der Waals surface area contributed by atoms with E-state index in [4.69, 9.17) is 21.1 Å². The van der Waals surface area contributed by atoms with Crippen LogP contribution >= 0.6 is 34.7 Å². The van der Waals surface area contributed by atoms with E-state index < -0.39 is 39.7 Å². The van der Waals surface area contributed by atoms with Gasteiger partial charge in [-0.15, -0.1) is 0 Å². The zero-order chi connectivity index (χ0) is 31.1. The molecule has 2 N–H and O–H groups in total. The molecule has 15 heteroatoms. The van der Waals surface area contributed by atoms with E-state index >= 15 is 0 Å². The highest BCUT2D eigenvalue weighted by molar-refractivity contribution is 8.00. The summed E-state index contributed by atoms with van der Waals surface area (Å²) in [7, 11) is 1.54. The molecule has 0 radical (unpaired) electrons. The third-order valence-electron chi connectivity index (χ3n) is 7.18. The lowest BCUT2D eigenvalue weighted by Crippen LogP contribution is -2.32. The summed E-state index contributed by atoms with van der Waals surface area (Å²) in [6.45, 7) is -0.381. The molecule has 6 rings (SSSR count). The van der Waals surface area contributed by atoms with E-state index in [9.17, 15) is 29.3 Å². The molecular weight excluding hydrogens is 632 g/mol. The molecule has 0 bridgehead atoms. The van der Waals surface area contributed by atoms with E-state index in [2.05, 4.69) is 10.3 Å². The molecule has 3 aromatic carbocycles. The number of benzene rings is 3. The molecule has 2 aliphatic rings. The van der Waals surface area contributed by atoms with Crippen molar-refractivity contribution in [3.63, 3.8) is 0 Å². The third kappa shape index (κ3) is 5.42. The number of nitro benzene ring substituents is 1. The van der Waals surface area contributed by atoms with Crippen LogP contribution in [0.3, 0.4) is 0 Å². The predicted octanol–water partition coefficient (Wildman–Crippen LogP) is 4.82. The van der Waals surface area contributed by atoms with E-state index in [1.165, 1.54) is 31.4 Å². The van der Waals surface area contributed by atoms with Crippen molar-refractivity contribution in [2.75, 3.05) is 23.9 Å². The molecule has 3 atom stereocenters. The summed E-state index contributed by atoms with van der Waals surface area (Å²) >= 11 is 8.40. The summed E-state index contributed by atoms with van der Waals surface area (Å²) < 4.78 is 11.1. The molecule has 0 saturated carbocycles. The summed E-state index contributed by atoms with van der Waals surface area (Å²) in [6, 6.07) is 16.6. The monoisotopic (exact) mass is 652 g/mol. The molecule has 3 heterocycles. The summed E-state index contributed by atoms with van der Waals surface area (Å²) in [5, 5.41) is 13.7. The Morgan fingerprint density at radius 2 is 1.80 bits per heavy atom. The van der Waals surface area contributed by atoms with Crippen molar-refractivity contribution in [1.82, 2.24) is 4.98 Å². The van der Waals surface area contributed by atoms with Crippen molar-refractivity contribution >= 4 is 69.5 Å². The number of ether oxygens (including phenoxy) is 2. The molecule has 1 saturated heterocycles. The minimum atomic E-state index is -0.962. The maximum absolute atomic E-state index is 14.0. The van der Waals surface area contributed by atoms with E-state index in [1.54, 1.807) is 42.5 Å². The Hall–Kier alpha value is -4.66. The quantitative estimate of drug-likeness (QED) is 0.154. The highest BCUT2D eigenvalue weighted by atomic mass is 35.5. The molecule has 0 spiro atoms. The number of nitrogens with zero attached hydrogens (tertiary/aromatic N) is 2. The van der Waals surface area contributed by atoms with Crippen molar-refractivity contribution < 1.29 is 28.8 Å². The molecule has 2 unspecified atom stereocenters. The number of methoxy groups -OCH3 is 1. The van der Waals surface area contributed by atoms with Crippen molar-refractivity contribution in [2.24, 2.45) is 5.92 Å². The molecule has 0 aliphatic carbocycles. The number of aromatic amines is 1. The summed E-state index contributed by atoms with van der Waals surface area (Å²) in [5.41, 5.74) is 0.960. The number of thioether (sulfide) groups is 1. The largest absolute Gasteiger partial charge is 0.497 e. The number of nitrogens with one attached hydrogen (secondary N) is 2. The first-order valence-electron chi connectivity index (χ1n) is 13.0. The molecule has 2 aliphatic heterocycles. The second-order valence-electron chi connectivity index (χ2n) is 9.78. The van der Waals surface area contributed by atoms with E-state index in [1.807, 2.05) is 0 Å². The van der Waals surface area contributed by atoms with Gasteiger partial charge in [-0.25, -0.2) is 4.90 Å². The van der Waals surface area contributed by atoms with Gasteiger partial charge in [-0.3, -0.25) is 29.3 Å². The zero-order valence-electron chi connectivity index (χ0n) is 22.6. The molecule has 224 valence electrons. The Morgan fingerprint density at radius 1 is 1.07 bits per heavy atom. The topological polar surface area (TPSA) is 161 Å². The van der Waals surface area contributed by atoms with Gasteiger partial charge in [0.1, 0.15) is 16.7 Å². The molecule has 12 nitrogen and oxygen atoms in total. The van der Waals surface area contributed by atoms with Gasteiger partial charge in [0.2, 0.25) is 11.8 Å². The van der Waals surface area contributed by atoms with E-state index in [-0.39, 0.29) is 28.6 Å². The van der Waals surface area contributed by atoms with E-state index in [0.29, 0.717) is 31.9 Å². The second-order valence-corrected chi connectivity index (χ2v) is 12.4. The SMILES string of the molecule is COc1ccc(NC(=O)COc2ccc(Cl)cc2[C@H]2c3sc(=O)[nH]c3SC3C(=O)N(c4ccc([N+](=O)[O-])cc4)C(=O)C32)cc1. The van der Waals surface area contributed by atoms with Crippen LogP contribution in [0.5, 0.6) is 11.5 Å². The molecule has 4 aromatic rings. The average molecular weight is 653 g/mol. The Bertz CT molecular complexity index is 1860. The van der Waals surface area contributed by atoms with Crippen LogP contribution in [0.2, 0.25) is 5.02 Å². The predicted molar refractivity (Wildman–Crippen MR) is 164 cm³/mol. The lowest BCUT2D eigenvalue weighted by molar-refractivity contribution is -0.384. The molecular formula is C29H21ClN4O8S2. The number of anilines is 2. The third-order valence-corrected chi connectivity index (χ3v) is 9.82. The van der Waals surface area contributed by atoms with Gasteiger partial charge in [0.25, 0.3) is 11.6 Å². The first-order valence-corrected chi connectivity index (χ1v) is 15.1. The summed E-state index contributed by atoms with van der Waals surface area (Å²) in [5.74, 6) is -2.42. The number of hydrogen-bond donors (Lipinski definition) is 2. The molecule has 1 aromatic heterocycles. The van der Waals surface area contributed by atoms with Gasteiger partial charge in [0.15, 0.2) is 6.61 Å². The first-order chi connectivity index (χ1) is 21.1. The van der Waals surface area contributed by atoms with E-state index in [0.717, 1.165) is 28.0 Å². The van der Waals surface area contributed by atoms with Crippen LogP contribution in [-0.4, -0.2) is 46.6 Å². The number of non-ortho nitro benzene ring substituents is 1. The fourth-order valence-corrected chi connectivity index (χ4v) is 7.93. The summed E-state index contributed by atoms with van der Waals surface area (Å²) in [6.07, 6.45) is 0. The normalized spacial score (nSPS) is 18.9. The number of hydrogen-bond acceptors (Lipinski definition) is 10. The molecule has 3 amide bonds. The van der Waals surface area contributed by atoms with Gasteiger partial charge in [-0.05, 0) is 54.6 Å². The number of carbonyl (C=O) groups is 3. The fraction of sp³-hybridized carbons (Fsp3) is 0.172. The van der Waals surface area contributed by atoms with Crippen LogP contribution in [0, 0.1) is 16.0 Å². The highest BCUT2D eigenvalue weighted by Gasteiger charge is 2.57. The van der Waals surface area contributed by atoms with Gasteiger partial charge in [-0.2, -0.15) is 0 Å². The van der Waals surface area contributed by atoms with Crippen molar-refractivity contribution in [3.05, 3.63) is 102 Å². The van der Waals surface area contributed by atoms with Crippen LogP contribution in [0.4, 0.5) is 17.1 Å². The lowest BCUT2D eigenvalue weighted by atomic mass is 9.82. The van der Waals surface area contributed by atoms with Crippen LogP contribution in [0.15, 0.2) is 76.6 Å². The molecule has 44 heavy (non-hydrogen) atoms. The van der Waals surface area contributed by atoms with Crippen LogP contribution < -0.4 is 24.6 Å². The Morgan fingerprint density at radius 3 is 2.48 bits per heavy atom. The number of rotatable bonds is 8. The number of amides is 3. The Labute approximate surface area is 262 Å². The van der Waals surface area contributed by atoms with Crippen LogP contribution in [-0.2, 0) is 14.4 Å². The Kier molecular flexibility index (Phi) is 7.88. The maximum atomic E-state index is 14.0. The van der Waals surface area contributed by atoms with Gasteiger partial charge in [0.05, 0.1) is 28.7 Å². The number of H-pyrrole nitrogens is 1. The van der Waals surface area contributed by atoms with Crippen molar-refractivity contribution in [2.45, 2.75) is 16.2 Å². The minimum Gasteiger partial charge on any atom is -0.497 e. The number of nitro groups is 1. The number of halogens is 1. The maximum Gasteiger partial charge on any atom is 0.305 e. The van der Waals surface area contributed by atoms with Gasteiger partial charge < -0.3 is 19.8 Å². The standard InChI is InChI=1S/C29H21ClN4O8S2/c1-41-18-9-3-15(4-10-18)31-21(35)13-42-20-11-2-14(30)12-19(20)22-23-25(43-26-24(22)44-29(38)32-26)28(37)33(27(23)36)16-5-7-17(8-6-16)34(39)40/h2-12,22-23,25H,13H2,1H3,(H,31,35)(H,32,38)/t22-,23?,25?/m1/s1. The van der Waals surface area contributed by atoms with Crippen molar-refractivity contribution in [1.29, 1.82) is 0 Å². The molecule has 1 fully saturated rings. The average Bonchev–Trinajstić information content (AvgIpc) is 3.50. The zero-order valence-corrected chi connectivity index (χ0v) is 25.0. The fourth-order valence-electron chi connectivity index (χ4n) is 5.24. The Balaban J connectivity index is 1.33. The van der Waals surface area contributed by atoms with Gasteiger partial charge >= 0.3 is 4.87 Å².